The highest BCUT2D eigenvalue weighted by molar-refractivity contribution is 7.85. The Balaban J connectivity index is 2.01. The van der Waals surface area contributed by atoms with Gasteiger partial charge in [-0.3, -0.25) is 4.18 Å². The first-order valence-corrected chi connectivity index (χ1v) is 7.71. The van der Waals surface area contributed by atoms with E-state index in [0.717, 1.165) is 17.5 Å². The van der Waals surface area contributed by atoms with Gasteiger partial charge in [0.25, 0.3) is 10.1 Å². The first-order valence-electron chi connectivity index (χ1n) is 5.89. The van der Waals surface area contributed by atoms with Crippen LogP contribution < -0.4 is 0 Å². The highest BCUT2D eigenvalue weighted by Gasteiger charge is 2.04. The van der Waals surface area contributed by atoms with E-state index in [1.165, 1.54) is 5.56 Å². The van der Waals surface area contributed by atoms with Gasteiger partial charge in [-0.15, -0.1) is 0 Å². The molecule has 0 fully saturated rings. The molecule has 0 radical (unpaired) electrons. The summed E-state index contributed by atoms with van der Waals surface area (Å²) < 4.78 is 28.1. The van der Waals surface area contributed by atoms with E-state index in [2.05, 4.69) is 5.10 Å². The molecule has 2 rings (SSSR count). The molecule has 102 valence electrons. The molecule has 0 atom stereocenters. The van der Waals surface area contributed by atoms with Gasteiger partial charge in [0.1, 0.15) is 0 Å². The molecule has 0 aliphatic heterocycles. The highest BCUT2D eigenvalue weighted by Crippen LogP contribution is 2.10. The highest BCUT2D eigenvalue weighted by atomic mass is 32.2. The van der Waals surface area contributed by atoms with Crippen LogP contribution in [0.2, 0.25) is 0 Å². The smallest absolute Gasteiger partial charge is 0.264 e. The van der Waals surface area contributed by atoms with Crippen molar-refractivity contribution in [1.82, 2.24) is 9.78 Å². The van der Waals surface area contributed by atoms with Crippen molar-refractivity contribution in [2.24, 2.45) is 0 Å². The summed E-state index contributed by atoms with van der Waals surface area (Å²) >= 11 is 0. The van der Waals surface area contributed by atoms with Crippen LogP contribution in [0.5, 0.6) is 0 Å². The lowest BCUT2D eigenvalue weighted by atomic mass is 10.2. The number of aromatic nitrogens is 2. The molecular weight excluding hydrogens is 264 g/mol. The van der Waals surface area contributed by atoms with Crippen molar-refractivity contribution >= 4 is 10.1 Å². The van der Waals surface area contributed by atoms with Gasteiger partial charge in [-0.25, -0.2) is 4.68 Å². The molecule has 0 bridgehead atoms. The molecule has 2 aromatic rings. The van der Waals surface area contributed by atoms with E-state index in [4.69, 9.17) is 4.18 Å². The summed E-state index contributed by atoms with van der Waals surface area (Å²) in [5.41, 5.74) is 3.10. The van der Waals surface area contributed by atoms with E-state index in [1.54, 1.807) is 10.9 Å². The van der Waals surface area contributed by atoms with Crippen LogP contribution in [0.15, 0.2) is 36.7 Å². The lowest BCUT2D eigenvalue weighted by Crippen LogP contribution is -2.05. The van der Waals surface area contributed by atoms with E-state index in [0.29, 0.717) is 6.42 Å². The van der Waals surface area contributed by atoms with Gasteiger partial charge in [-0.2, -0.15) is 13.5 Å². The van der Waals surface area contributed by atoms with Crippen LogP contribution in [0.3, 0.4) is 0 Å². The monoisotopic (exact) mass is 280 g/mol. The SMILES string of the molecule is Cc1ccc(-n2cc(CCOS(C)(=O)=O)cn2)cc1. The fourth-order valence-corrected chi connectivity index (χ4v) is 2.02. The minimum atomic E-state index is -3.37. The third-order valence-corrected chi connectivity index (χ3v) is 3.22. The second kappa shape index (κ2) is 5.54. The lowest BCUT2D eigenvalue weighted by Gasteiger charge is -2.01. The van der Waals surface area contributed by atoms with Crippen molar-refractivity contribution in [3.63, 3.8) is 0 Å². The number of rotatable bonds is 5. The molecule has 0 aliphatic carbocycles. The van der Waals surface area contributed by atoms with Crippen molar-refractivity contribution in [3.8, 4) is 5.69 Å². The molecule has 1 aromatic heterocycles. The first-order chi connectivity index (χ1) is 8.94. The summed E-state index contributed by atoms with van der Waals surface area (Å²) in [6.45, 7) is 2.17. The fourth-order valence-electron chi connectivity index (χ4n) is 1.64. The zero-order chi connectivity index (χ0) is 13.9. The Morgan fingerprint density at radius 2 is 1.95 bits per heavy atom. The van der Waals surface area contributed by atoms with E-state index < -0.39 is 10.1 Å². The lowest BCUT2D eigenvalue weighted by molar-refractivity contribution is 0.326. The van der Waals surface area contributed by atoms with Crippen LogP contribution >= 0.6 is 0 Å². The molecule has 5 nitrogen and oxygen atoms in total. The molecule has 19 heavy (non-hydrogen) atoms. The molecule has 0 saturated heterocycles. The van der Waals surface area contributed by atoms with Gasteiger partial charge in [0, 0.05) is 12.6 Å². The van der Waals surface area contributed by atoms with Gasteiger partial charge in [-0.1, -0.05) is 17.7 Å². The van der Waals surface area contributed by atoms with Crippen LogP contribution in [0.1, 0.15) is 11.1 Å². The number of nitrogens with zero attached hydrogens (tertiary/aromatic N) is 2. The fraction of sp³-hybridized carbons (Fsp3) is 0.308. The zero-order valence-corrected chi connectivity index (χ0v) is 11.7. The van der Waals surface area contributed by atoms with E-state index in [1.807, 2.05) is 37.4 Å². The Bertz CT molecular complexity index is 645. The summed E-state index contributed by atoms with van der Waals surface area (Å²) in [5.74, 6) is 0. The maximum atomic E-state index is 10.8. The quantitative estimate of drug-likeness (QED) is 0.782. The van der Waals surface area contributed by atoms with E-state index >= 15 is 0 Å². The molecule has 1 heterocycles. The topological polar surface area (TPSA) is 61.2 Å². The molecule has 0 unspecified atom stereocenters. The Labute approximate surface area is 113 Å². The van der Waals surface area contributed by atoms with Crippen molar-refractivity contribution in [1.29, 1.82) is 0 Å². The first kappa shape index (κ1) is 13.8. The standard InChI is InChI=1S/C13H16N2O3S/c1-11-3-5-13(6-4-11)15-10-12(9-14-15)7-8-18-19(2,16)17/h3-6,9-10H,7-8H2,1-2H3. The van der Waals surface area contributed by atoms with Crippen LogP contribution in [-0.4, -0.2) is 31.1 Å². The van der Waals surface area contributed by atoms with Gasteiger partial charge in [0.15, 0.2) is 0 Å². The van der Waals surface area contributed by atoms with Gasteiger partial charge in [-0.05, 0) is 24.6 Å². The Morgan fingerprint density at radius 1 is 1.26 bits per heavy atom. The van der Waals surface area contributed by atoms with E-state index in [-0.39, 0.29) is 6.61 Å². The third kappa shape index (κ3) is 4.18. The average Bonchev–Trinajstić information content (AvgIpc) is 2.77. The zero-order valence-electron chi connectivity index (χ0n) is 10.9. The van der Waals surface area contributed by atoms with Crippen LogP contribution in [-0.2, 0) is 20.7 Å². The molecular formula is C13H16N2O3S. The summed E-state index contributed by atoms with van der Waals surface area (Å²) in [4.78, 5) is 0. The van der Waals surface area contributed by atoms with Crippen LogP contribution in [0.25, 0.3) is 5.69 Å². The van der Waals surface area contributed by atoms with Crippen molar-refractivity contribution in [2.75, 3.05) is 12.9 Å². The minimum Gasteiger partial charge on any atom is -0.270 e. The van der Waals surface area contributed by atoms with E-state index in [9.17, 15) is 8.42 Å². The predicted octanol–water partition coefficient (Wildman–Crippen LogP) is 1.70. The van der Waals surface area contributed by atoms with Crippen LogP contribution in [0, 0.1) is 6.92 Å². The number of benzene rings is 1. The molecule has 0 aliphatic rings. The molecule has 6 heteroatoms. The third-order valence-electron chi connectivity index (χ3n) is 2.62. The summed E-state index contributed by atoms with van der Waals surface area (Å²) in [6, 6.07) is 8.01. The molecule has 0 N–H and O–H groups in total. The maximum Gasteiger partial charge on any atom is 0.264 e. The van der Waals surface area contributed by atoms with Gasteiger partial charge < -0.3 is 0 Å². The van der Waals surface area contributed by atoms with Crippen LogP contribution in [0.4, 0.5) is 0 Å². The summed E-state index contributed by atoms with van der Waals surface area (Å²) in [6.07, 6.45) is 5.14. The molecule has 0 amide bonds. The normalized spacial score (nSPS) is 11.7. The largest absolute Gasteiger partial charge is 0.270 e. The van der Waals surface area contributed by atoms with Gasteiger partial charge >= 0.3 is 0 Å². The molecule has 1 aromatic carbocycles. The predicted molar refractivity (Wildman–Crippen MR) is 72.8 cm³/mol. The molecule has 0 saturated carbocycles. The van der Waals surface area contributed by atoms with Crippen molar-refractivity contribution in [3.05, 3.63) is 47.8 Å². The Hall–Kier alpha value is -1.66. The summed E-state index contributed by atoms with van der Waals surface area (Å²) in [5, 5.41) is 4.24. The maximum absolute atomic E-state index is 10.8. The number of hydrogen-bond donors (Lipinski definition) is 0. The average molecular weight is 280 g/mol. The van der Waals surface area contributed by atoms with Gasteiger partial charge in [0.2, 0.25) is 0 Å². The number of hydrogen-bond acceptors (Lipinski definition) is 4. The second-order valence-electron chi connectivity index (χ2n) is 4.40. The molecule has 0 spiro atoms. The van der Waals surface area contributed by atoms with Crippen molar-refractivity contribution in [2.45, 2.75) is 13.3 Å². The summed E-state index contributed by atoms with van der Waals surface area (Å²) in [7, 11) is -3.37. The minimum absolute atomic E-state index is 0.137. The number of aryl methyl sites for hydroxylation is 1. The van der Waals surface area contributed by atoms with Crippen molar-refractivity contribution < 1.29 is 12.6 Å². The van der Waals surface area contributed by atoms with Gasteiger partial charge in [0.05, 0.1) is 24.7 Å². The Morgan fingerprint density at radius 3 is 2.58 bits per heavy atom. The second-order valence-corrected chi connectivity index (χ2v) is 6.05. The Kier molecular flexibility index (Phi) is 4.01.